The van der Waals surface area contributed by atoms with Gasteiger partial charge in [-0.2, -0.15) is 0 Å². The Morgan fingerprint density at radius 1 is 1.29 bits per heavy atom. The minimum absolute atomic E-state index is 0.189. The maximum Gasteiger partial charge on any atom is 0.175 e. The Bertz CT molecular complexity index is 502. The first kappa shape index (κ1) is 12.6. The molecule has 1 saturated heterocycles. The van der Waals surface area contributed by atoms with Gasteiger partial charge in [0.05, 0.1) is 4.90 Å². The quantitative estimate of drug-likeness (QED) is 0.879. The van der Waals surface area contributed by atoms with Crippen LogP contribution in [0.25, 0.3) is 0 Å². The van der Waals surface area contributed by atoms with Crippen molar-refractivity contribution in [1.82, 2.24) is 5.32 Å². The Balaban J connectivity index is 2.45. The molecule has 0 bridgehead atoms. The Labute approximate surface area is 103 Å². The van der Waals surface area contributed by atoms with Crippen LogP contribution in [-0.2, 0) is 9.84 Å². The summed E-state index contributed by atoms with van der Waals surface area (Å²) in [4.78, 5) is 0.483. The number of rotatable bonds is 2. The lowest BCUT2D eigenvalue weighted by Gasteiger charge is -2.25. The van der Waals surface area contributed by atoms with Crippen molar-refractivity contribution < 1.29 is 8.42 Å². The third-order valence-corrected chi connectivity index (χ3v) is 4.41. The van der Waals surface area contributed by atoms with E-state index in [2.05, 4.69) is 5.32 Å². The van der Waals surface area contributed by atoms with Crippen LogP contribution < -0.4 is 5.32 Å². The van der Waals surface area contributed by atoms with Crippen molar-refractivity contribution in [2.75, 3.05) is 12.8 Å². The molecule has 1 heterocycles. The lowest BCUT2D eigenvalue weighted by molar-refractivity contribution is 0.407. The van der Waals surface area contributed by atoms with Crippen molar-refractivity contribution >= 4 is 9.84 Å². The van der Waals surface area contributed by atoms with Gasteiger partial charge in [-0.15, -0.1) is 0 Å². The topological polar surface area (TPSA) is 46.2 Å². The third kappa shape index (κ3) is 2.87. The fraction of sp³-hybridized carbons (Fsp3) is 0.538. The van der Waals surface area contributed by atoms with Crippen LogP contribution in [-0.4, -0.2) is 21.2 Å². The number of nitrogens with one attached hydrogen (secondary N) is 1. The van der Waals surface area contributed by atoms with Gasteiger partial charge in [0.2, 0.25) is 0 Å². The van der Waals surface area contributed by atoms with Crippen molar-refractivity contribution in [3.63, 3.8) is 0 Å². The zero-order valence-corrected chi connectivity index (χ0v) is 11.2. The first-order valence-corrected chi connectivity index (χ1v) is 7.91. The normalized spacial score (nSPS) is 21.4. The van der Waals surface area contributed by atoms with Crippen LogP contribution in [0.5, 0.6) is 0 Å². The zero-order valence-electron chi connectivity index (χ0n) is 10.4. The minimum atomic E-state index is -3.15. The van der Waals surface area contributed by atoms with Gasteiger partial charge >= 0.3 is 0 Å². The van der Waals surface area contributed by atoms with Crippen molar-refractivity contribution in [1.29, 1.82) is 0 Å². The van der Waals surface area contributed by atoms with E-state index in [-0.39, 0.29) is 6.04 Å². The molecule has 94 valence electrons. The minimum Gasteiger partial charge on any atom is -0.310 e. The lowest BCUT2D eigenvalue weighted by Crippen LogP contribution is -2.28. The summed E-state index contributed by atoms with van der Waals surface area (Å²) in [5.74, 6) is 0. The summed E-state index contributed by atoms with van der Waals surface area (Å²) in [7, 11) is -3.15. The summed E-state index contributed by atoms with van der Waals surface area (Å²) < 4.78 is 23.6. The number of hydrogen-bond donors (Lipinski definition) is 1. The van der Waals surface area contributed by atoms with Crippen LogP contribution in [0.3, 0.4) is 0 Å². The monoisotopic (exact) mass is 253 g/mol. The molecule has 0 radical (unpaired) electrons. The van der Waals surface area contributed by atoms with Crippen LogP contribution >= 0.6 is 0 Å². The second-order valence-electron chi connectivity index (χ2n) is 4.82. The molecule has 0 amide bonds. The highest BCUT2D eigenvalue weighted by molar-refractivity contribution is 7.90. The largest absolute Gasteiger partial charge is 0.310 e. The molecule has 0 aromatic heterocycles. The summed E-state index contributed by atoms with van der Waals surface area (Å²) in [6, 6.07) is 5.91. The van der Waals surface area contributed by atoms with E-state index >= 15 is 0 Å². The van der Waals surface area contributed by atoms with Crippen LogP contribution in [0, 0.1) is 6.92 Å². The van der Waals surface area contributed by atoms with E-state index in [4.69, 9.17) is 0 Å². The summed E-state index contributed by atoms with van der Waals surface area (Å²) in [6.07, 6.45) is 4.64. The molecule has 1 aromatic rings. The van der Waals surface area contributed by atoms with Gasteiger partial charge in [-0.1, -0.05) is 18.6 Å². The van der Waals surface area contributed by atoms with E-state index in [1.807, 2.05) is 19.1 Å². The molecule has 1 N–H and O–H groups in total. The molecule has 0 saturated carbocycles. The van der Waals surface area contributed by atoms with Gasteiger partial charge < -0.3 is 5.32 Å². The van der Waals surface area contributed by atoms with Crippen molar-refractivity contribution in [2.45, 2.75) is 37.1 Å². The van der Waals surface area contributed by atoms with E-state index in [0.29, 0.717) is 4.90 Å². The van der Waals surface area contributed by atoms with E-state index < -0.39 is 9.84 Å². The number of hydrogen-bond acceptors (Lipinski definition) is 3. The Hall–Kier alpha value is -0.870. The third-order valence-electron chi connectivity index (χ3n) is 3.25. The molecule has 2 rings (SSSR count). The smallest absolute Gasteiger partial charge is 0.175 e. The Kier molecular flexibility index (Phi) is 3.54. The zero-order chi connectivity index (χ0) is 12.5. The lowest BCUT2D eigenvalue weighted by atomic mass is 9.97. The highest BCUT2D eigenvalue weighted by Crippen LogP contribution is 2.29. The average Bonchev–Trinajstić information content (AvgIpc) is 2.29. The first-order valence-electron chi connectivity index (χ1n) is 6.02. The molecule has 1 aliphatic rings. The number of sulfone groups is 1. The molecular formula is C13H19NO2S. The van der Waals surface area contributed by atoms with Crippen molar-refractivity contribution in [2.24, 2.45) is 0 Å². The Morgan fingerprint density at radius 2 is 2.06 bits per heavy atom. The van der Waals surface area contributed by atoms with Gasteiger partial charge in [0.1, 0.15) is 0 Å². The van der Waals surface area contributed by atoms with E-state index in [1.54, 1.807) is 6.07 Å². The predicted octanol–water partition coefficient (Wildman–Crippen LogP) is 2.21. The average molecular weight is 253 g/mol. The van der Waals surface area contributed by atoms with Gasteiger partial charge in [0, 0.05) is 12.3 Å². The van der Waals surface area contributed by atoms with Gasteiger partial charge in [0.15, 0.2) is 9.84 Å². The Morgan fingerprint density at radius 3 is 2.65 bits per heavy atom. The predicted molar refractivity (Wildman–Crippen MR) is 68.9 cm³/mol. The second kappa shape index (κ2) is 4.78. The molecule has 0 aliphatic carbocycles. The van der Waals surface area contributed by atoms with Gasteiger partial charge in [-0.25, -0.2) is 8.42 Å². The molecule has 17 heavy (non-hydrogen) atoms. The fourth-order valence-corrected chi connectivity index (χ4v) is 3.41. The van der Waals surface area contributed by atoms with Crippen LogP contribution in [0.15, 0.2) is 23.1 Å². The number of aryl methyl sites for hydroxylation is 1. The molecule has 1 unspecified atom stereocenters. The van der Waals surface area contributed by atoms with Crippen LogP contribution in [0.2, 0.25) is 0 Å². The van der Waals surface area contributed by atoms with Gasteiger partial charge in [0.25, 0.3) is 0 Å². The fourth-order valence-electron chi connectivity index (χ4n) is 2.37. The molecular weight excluding hydrogens is 234 g/mol. The molecule has 3 nitrogen and oxygen atoms in total. The summed E-state index contributed by atoms with van der Waals surface area (Å²) in [6.45, 7) is 2.90. The first-order chi connectivity index (χ1) is 7.98. The molecule has 1 aromatic carbocycles. The molecule has 4 heteroatoms. The SMILES string of the molecule is Cc1ccc(C2CCCCN2)c(S(C)(=O)=O)c1. The maximum absolute atomic E-state index is 11.8. The highest BCUT2D eigenvalue weighted by Gasteiger charge is 2.22. The summed E-state index contributed by atoms with van der Waals surface area (Å²) in [5, 5.41) is 3.40. The molecule has 1 atom stereocenters. The summed E-state index contributed by atoms with van der Waals surface area (Å²) in [5.41, 5.74) is 1.92. The van der Waals surface area contributed by atoms with Gasteiger partial charge in [-0.05, 0) is 43.5 Å². The van der Waals surface area contributed by atoms with E-state index in [1.165, 1.54) is 12.7 Å². The van der Waals surface area contributed by atoms with Crippen LogP contribution in [0.4, 0.5) is 0 Å². The highest BCUT2D eigenvalue weighted by atomic mass is 32.2. The molecule has 1 fully saturated rings. The molecule has 0 spiro atoms. The van der Waals surface area contributed by atoms with Crippen LogP contribution in [0.1, 0.15) is 36.4 Å². The second-order valence-corrected chi connectivity index (χ2v) is 6.80. The van der Waals surface area contributed by atoms with E-state index in [9.17, 15) is 8.42 Å². The molecule has 1 aliphatic heterocycles. The summed E-state index contributed by atoms with van der Waals surface area (Å²) >= 11 is 0. The number of benzene rings is 1. The number of piperidine rings is 1. The standard InChI is InChI=1S/C13H19NO2S/c1-10-6-7-11(12-5-3-4-8-14-12)13(9-10)17(2,15)16/h6-7,9,12,14H,3-5,8H2,1-2H3. The van der Waals surface area contributed by atoms with Crippen molar-refractivity contribution in [3.05, 3.63) is 29.3 Å². The van der Waals surface area contributed by atoms with E-state index in [0.717, 1.165) is 30.5 Å². The maximum atomic E-state index is 11.8. The van der Waals surface area contributed by atoms with Crippen molar-refractivity contribution in [3.8, 4) is 0 Å². The van der Waals surface area contributed by atoms with Gasteiger partial charge in [-0.3, -0.25) is 0 Å².